The number of likely N-dealkylation sites (tertiary alicyclic amines) is 2. The number of carbonyl (C=O) groups excluding carboxylic acids is 2. The van der Waals surface area contributed by atoms with Gasteiger partial charge in [0.05, 0.1) is 46.9 Å². The lowest BCUT2D eigenvalue weighted by molar-refractivity contribution is -0.142. The van der Waals surface area contributed by atoms with Gasteiger partial charge in [0, 0.05) is 25.2 Å². The number of carbonyl (C=O) groups is 2. The molecule has 0 bridgehead atoms. The number of methoxy groups -OCH3 is 1. The van der Waals surface area contributed by atoms with E-state index in [1.54, 1.807) is 45.2 Å². The number of ether oxygens (including phenoxy) is 1. The maximum atomic E-state index is 13.5. The molecule has 4 heterocycles. The van der Waals surface area contributed by atoms with Crippen molar-refractivity contribution in [1.82, 2.24) is 24.7 Å². The number of amides is 2. The molecule has 12 nitrogen and oxygen atoms in total. The zero-order chi connectivity index (χ0) is 32.0. The Morgan fingerprint density at radius 3 is 2.58 bits per heavy atom. The zero-order valence-electron chi connectivity index (χ0n) is 25.6. The fourth-order valence-corrected chi connectivity index (χ4v) is 7.36. The van der Waals surface area contributed by atoms with Crippen molar-refractivity contribution in [2.75, 3.05) is 44.4 Å². The van der Waals surface area contributed by atoms with Crippen LogP contribution in [0.1, 0.15) is 42.6 Å². The number of rotatable bonds is 9. The van der Waals surface area contributed by atoms with Crippen LogP contribution in [0.3, 0.4) is 0 Å². The molecule has 0 saturated carbocycles. The summed E-state index contributed by atoms with van der Waals surface area (Å²) < 4.78 is 31.5. The van der Waals surface area contributed by atoms with Crippen molar-refractivity contribution < 1.29 is 22.7 Å². The van der Waals surface area contributed by atoms with Gasteiger partial charge in [0.1, 0.15) is 10.8 Å². The van der Waals surface area contributed by atoms with Crippen LogP contribution >= 0.6 is 11.6 Å². The number of aromatic nitrogens is 2. The number of nitrogens with one attached hydrogen (secondary N) is 2. The first-order chi connectivity index (χ1) is 21.5. The van der Waals surface area contributed by atoms with Crippen LogP contribution in [0.15, 0.2) is 47.5 Å². The molecule has 0 spiro atoms. The summed E-state index contributed by atoms with van der Waals surface area (Å²) in [7, 11) is -0.0548. The van der Waals surface area contributed by atoms with E-state index in [0.717, 1.165) is 24.9 Å². The predicted molar refractivity (Wildman–Crippen MR) is 171 cm³/mol. The van der Waals surface area contributed by atoms with Crippen LogP contribution in [0.4, 0.5) is 23.1 Å². The van der Waals surface area contributed by atoms with E-state index in [2.05, 4.69) is 25.5 Å². The maximum Gasteiger partial charge on any atom is 0.254 e. The molecule has 0 aliphatic carbocycles. The molecular weight excluding hydrogens is 618 g/mol. The Hall–Kier alpha value is -3.94. The van der Waals surface area contributed by atoms with E-state index in [1.807, 2.05) is 22.9 Å². The minimum atomic E-state index is -3.58. The molecule has 0 radical (unpaired) electrons. The van der Waals surface area contributed by atoms with E-state index >= 15 is 0 Å². The summed E-state index contributed by atoms with van der Waals surface area (Å²) in [5.41, 5.74) is 2.20. The third kappa shape index (κ3) is 5.80. The van der Waals surface area contributed by atoms with Crippen LogP contribution in [0, 0.1) is 0 Å². The predicted octanol–water partition coefficient (Wildman–Crippen LogP) is 4.07. The van der Waals surface area contributed by atoms with Crippen molar-refractivity contribution in [3.63, 3.8) is 0 Å². The van der Waals surface area contributed by atoms with Crippen LogP contribution in [-0.2, 0) is 21.2 Å². The van der Waals surface area contributed by atoms with E-state index in [4.69, 9.17) is 16.3 Å². The van der Waals surface area contributed by atoms with Gasteiger partial charge in [-0.3, -0.25) is 14.5 Å². The van der Waals surface area contributed by atoms with Gasteiger partial charge in [0.25, 0.3) is 5.91 Å². The molecule has 2 N–H and O–H groups in total. The normalized spacial score (nSPS) is 18.7. The number of halogens is 1. The van der Waals surface area contributed by atoms with Crippen LogP contribution in [0.2, 0.25) is 5.02 Å². The largest absolute Gasteiger partial charge is 0.495 e. The molecule has 45 heavy (non-hydrogen) atoms. The molecular formula is C31H36ClN7O5S. The van der Waals surface area contributed by atoms with Crippen LogP contribution in [0.5, 0.6) is 5.75 Å². The molecule has 0 unspecified atom stereocenters. The van der Waals surface area contributed by atoms with Crippen molar-refractivity contribution in [1.29, 1.82) is 0 Å². The fourth-order valence-electron chi connectivity index (χ4n) is 6.02. The molecule has 3 aliphatic rings. The molecule has 3 aliphatic heterocycles. The van der Waals surface area contributed by atoms with Gasteiger partial charge in [0.15, 0.2) is 15.7 Å². The summed E-state index contributed by atoms with van der Waals surface area (Å²) in [6.45, 7) is 5.67. The van der Waals surface area contributed by atoms with Gasteiger partial charge in [0.2, 0.25) is 11.9 Å². The van der Waals surface area contributed by atoms with Gasteiger partial charge < -0.3 is 25.2 Å². The molecule has 2 aromatic carbocycles. The molecule has 3 aromatic rings. The third-order valence-corrected chi connectivity index (χ3v) is 11.2. The van der Waals surface area contributed by atoms with E-state index in [0.29, 0.717) is 42.3 Å². The average Bonchev–Trinajstić information content (AvgIpc) is 3.56. The highest BCUT2D eigenvalue weighted by atomic mass is 35.5. The molecule has 6 rings (SSSR count). The highest BCUT2D eigenvalue weighted by Crippen LogP contribution is 2.37. The molecule has 1 aromatic heterocycles. The summed E-state index contributed by atoms with van der Waals surface area (Å²) in [6.07, 6.45) is 3.30. The summed E-state index contributed by atoms with van der Waals surface area (Å²) in [5, 5.41) is 5.75. The van der Waals surface area contributed by atoms with Crippen molar-refractivity contribution in [3.05, 3.63) is 58.7 Å². The molecule has 2 saturated heterocycles. The minimum Gasteiger partial charge on any atom is -0.495 e. The summed E-state index contributed by atoms with van der Waals surface area (Å²) in [6, 6.07) is 10.0. The first kappa shape index (κ1) is 31.1. The minimum absolute atomic E-state index is 0.0430. The quantitative estimate of drug-likeness (QED) is 0.348. The molecule has 2 fully saturated rings. The SMILES string of the molecule is COc1cc2c(cc1Nc1ncc(Cl)c(Nc3ccccc3S(=O)(=O)C(C)C)n1)C(=O)N(C1CN(C(=O)[C@@H]3CCCN3C)C1)C2. The summed E-state index contributed by atoms with van der Waals surface area (Å²) in [5.74, 6) is 0.908. The molecule has 1 atom stereocenters. The third-order valence-electron chi connectivity index (χ3n) is 8.74. The molecule has 238 valence electrons. The summed E-state index contributed by atoms with van der Waals surface area (Å²) >= 11 is 6.40. The lowest BCUT2D eigenvalue weighted by atomic mass is 10.0. The van der Waals surface area contributed by atoms with Crippen molar-refractivity contribution in [2.45, 2.75) is 55.5 Å². The maximum absolute atomic E-state index is 13.5. The van der Waals surface area contributed by atoms with Crippen molar-refractivity contribution >= 4 is 56.4 Å². The van der Waals surface area contributed by atoms with Crippen LogP contribution in [-0.4, -0.2) is 96.0 Å². The average molecular weight is 654 g/mol. The lowest BCUT2D eigenvalue weighted by Crippen LogP contribution is -2.63. The van der Waals surface area contributed by atoms with Gasteiger partial charge in [-0.2, -0.15) is 4.98 Å². The number of hydrogen-bond acceptors (Lipinski definition) is 10. The van der Waals surface area contributed by atoms with Gasteiger partial charge in [-0.15, -0.1) is 0 Å². The number of anilines is 4. The Morgan fingerprint density at radius 2 is 1.89 bits per heavy atom. The number of fused-ring (bicyclic) bond motifs is 1. The number of para-hydroxylation sites is 1. The number of likely N-dealkylation sites (N-methyl/N-ethyl adjacent to an activating group) is 1. The Balaban J connectivity index is 1.19. The second-order valence-corrected chi connectivity index (χ2v) is 14.8. The monoisotopic (exact) mass is 653 g/mol. The fraction of sp³-hybridized carbons (Fsp3) is 0.419. The van der Waals surface area contributed by atoms with Crippen molar-refractivity contribution in [2.24, 2.45) is 0 Å². The Labute approximate surface area is 267 Å². The van der Waals surface area contributed by atoms with Gasteiger partial charge in [-0.1, -0.05) is 23.7 Å². The van der Waals surface area contributed by atoms with Crippen LogP contribution in [0.25, 0.3) is 0 Å². The topological polar surface area (TPSA) is 137 Å². The zero-order valence-corrected chi connectivity index (χ0v) is 27.2. The Kier molecular flexibility index (Phi) is 8.35. The molecule has 2 amide bonds. The van der Waals surface area contributed by atoms with E-state index < -0.39 is 15.1 Å². The first-order valence-electron chi connectivity index (χ1n) is 14.9. The Bertz CT molecular complexity index is 1760. The number of hydrogen-bond donors (Lipinski definition) is 2. The van der Waals surface area contributed by atoms with Gasteiger partial charge >= 0.3 is 0 Å². The van der Waals surface area contributed by atoms with E-state index in [-0.39, 0.29) is 45.6 Å². The second-order valence-electron chi connectivity index (χ2n) is 11.9. The standard InChI is InChI=1S/C31H36ClN7O5S/c1-18(2)45(42,43)27-10-6-5-8-23(27)34-28-22(32)14-33-31(36-28)35-24-13-21-19(12-26(24)44-4)15-39(29(21)40)20-16-38(17-20)30(41)25-9-7-11-37(25)3/h5-6,8,10,12-14,18,20,25H,7,9,11,15-17H2,1-4H3,(H2,33,34,35,36)/t25-/m0/s1. The lowest BCUT2D eigenvalue weighted by Gasteiger charge is -2.45. The number of benzene rings is 2. The smallest absolute Gasteiger partial charge is 0.254 e. The van der Waals surface area contributed by atoms with E-state index in [1.165, 1.54) is 12.3 Å². The first-order valence-corrected chi connectivity index (χ1v) is 16.8. The highest BCUT2D eigenvalue weighted by Gasteiger charge is 2.43. The number of nitrogens with zero attached hydrogens (tertiary/aromatic N) is 5. The number of sulfone groups is 1. The second kappa shape index (κ2) is 12.1. The van der Waals surface area contributed by atoms with E-state index in [9.17, 15) is 18.0 Å². The van der Waals surface area contributed by atoms with Gasteiger partial charge in [-0.05, 0) is 70.1 Å². The van der Waals surface area contributed by atoms with Crippen molar-refractivity contribution in [3.8, 4) is 5.75 Å². The van der Waals surface area contributed by atoms with Gasteiger partial charge in [-0.25, -0.2) is 13.4 Å². The summed E-state index contributed by atoms with van der Waals surface area (Å²) in [4.78, 5) is 41.2. The van der Waals surface area contributed by atoms with Crippen LogP contribution < -0.4 is 15.4 Å². The Morgan fingerprint density at radius 1 is 1.13 bits per heavy atom. The molecule has 14 heteroatoms. The highest BCUT2D eigenvalue weighted by molar-refractivity contribution is 7.92.